The van der Waals surface area contributed by atoms with E-state index in [1.165, 1.54) is 5.56 Å². The minimum atomic E-state index is 0.482. The molecule has 1 aromatic carbocycles. The van der Waals surface area contributed by atoms with E-state index >= 15 is 0 Å². The maximum Gasteiger partial charge on any atom is 0.0847 e. The van der Waals surface area contributed by atoms with Gasteiger partial charge in [-0.15, -0.1) is 0 Å². The summed E-state index contributed by atoms with van der Waals surface area (Å²) in [6, 6.07) is 6.31. The summed E-state index contributed by atoms with van der Waals surface area (Å²) in [7, 11) is 0. The third-order valence-corrected chi connectivity index (χ3v) is 3.85. The van der Waals surface area contributed by atoms with Gasteiger partial charge in [0.25, 0.3) is 0 Å². The number of benzene rings is 1. The van der Waals surface area contributed by atoms with E-state index in [-0.39, 0.29) is 0 Å². The number of rotatable bonds is 4. The zero-order chi connectivity index (χ0) is 11.7. The van der Waals surface area contributed by atoms with Crippen LogP contribution in [0.4, 0.5) is 0 Å². The Morgan fingerprint density at radius 3 is 2.69 bits per heavy atom. The summed E-state index contributed by atoms with van der Waals surface area (Å²) in [6.07, 6.45) is 3.25. The van der Waals surface area contributed by atoms with E-state index in [0.29, 0.717) is 18.1 Å². The molecule has 88 valence electrons. The molecular weight excluding hydrogens is 220 g/mol. The quantitative estimate of drug-likeness (QED) is 0.712. The summed E-state index contributed by atoms with van der Waals surface area (Å²) in [4.78, 5) is 0. The van der Waals surface area contributed by atoms with Crippen molar-refractivity contribution in [1.29, 1.82) is 0 Å². The van der Waals surface area contributed by atoms with Crippen molar-refractivity contribution in [2.45, 2.75) is 51.7 Å². The van der Waals surface area contributed by atoms with Gasteiger partial charge in [-0.25, -0.2) is 0 Å². The van der Waals surface area contributed by atoms with Crippen molar-refractivity contribution in [3.63, 3.8) is 0 Å². The SMILES string of the molecule is CCC1OC1CC(C)c1ccc(Cl)c(C)c1. The molecule has 0 radical (unpaired) electrons. The summed E-state index contributed by atoms with van der Waals surface area (Å²) in [5.41, 5.74) is 2.53. The van der Waals surface area contributed by atoms with Crippen LogP contribution in [0.3, 0.4) is 0 Å². The molecule has 0 aromatic heterocycles. The van der Waals surface area contributed by atoms with Crippen molar-refractivity contribution >= 4 is 11.6 Å². The third kappa shape index (κ3) is 2.58. The molecule has 2 heteroatoms. The Morgan fingerprint density at radius 1 is 1.38 bits per heavy atom. The van der Waals surface area contributed by atoms with Crippen LogP contribution in [0, 0.1) is 6.92 Å². The zero-order valence-corrected chi connectivity index (χ0v) is 10.9. The number of ether oxygens (including phenoxy) is 1. The van der Waals surface area contributed by atoms with E-state index in [4.69, 9.17) is 16.3 Å². The normalized spacial score (nSPS) is 25.5. The molecule has 1 saturated heterocycles. The van der Waals surface area contributed by atoms with Crippen LogP contribution in [0.25, 0.3) is 0 Å². The molecule has 0 aliphatic carbocycles. The fourth-order valence-electron chi connectivity index (χ4n) is 2.20. The lowest BCUT2D eigenvalue weighted by molar-refractivity contribution is 0.353. The van der Waals surface area contributed by atoms with E-state index in [2.05, 4.69) is 32.9 Å². The molecule has 0 spiro atoms. The fraction of sp³-hybridized carbons (Fsp3) is 0.571. The molecular formula is C14H19ClO. The number of aryl methyl sites for hydroxylation is 1. The Hall–Kier alpha value is -0.530. The lowest BCUT2D eigenvalue weighted by Gasteiger charge is -2.11. The molecule has 3 unspecified atom stereocenters. The van der Waals surface area contributed by atoms with Crippen molar-refractivity contribution in [2.24, 2.45) is 0 Å². The van der Waals surface area contributed by atoms with Gasteiger partial charge in [-0.2, -0.15) is 0 Å². The number of epoxide rings is 1. The molecule has 2 rings (SSSR count). The topological polar surface area (TPSA) is 12.5 Å². The van der Waals surface area contributed by atoms with Crippen LogP contribution >= 0.6 is 11.6 Å². The molecule has 3 atom stereocenters. The van der Waals surface area contributed by atoms with Gasteiger partial charge in [0.05, 0.1) is 12.2 Å². The van der Waals surface area contributed by atoms with Gasteiger partial charge in [0, 0.05) is 5.02 Å². The summed E-state index contributed by atoms with van der Waals surface area (Å²) in [5, 5.41) is 0.852. The molecule has 1 aliphatic rings. The van der Waals surface area contributed by atoms with E-state index in [9.17, 15) is 0 Å². The molecule has 16 heavy (non-hydrogen) atoms. The number of hydrogen-bond donors (Lipinski definition) is 0. The Labute approximate surface area is 103 Å². The summed E-state index contributed by atoms with van der Waals surface area (Å²) in [5.74, 6) is 0.553. The maximum atomic E-state index is 6.02. The van der Waals surface area contributed by atoms with Crippen LogP contribution in [-0.4, -0.2) is 12.2 Å². The summed E-state index contributed by atoms with van der Waals surface area (Å²) < 4.78 is 5.59. The minimum absolute atomic E-state index is 0.482. The molecule has 1 aromatic rings. The van der Waals surface area contributed by atoms with Crippen LogP contribution in [0.15, 0.2) is 18.2 Å². The van der Waals surface area contributed by atoms with Gasteiger partial charge in [0.1, 0.15) is 0 Å². The fourth-order valence-corrected chi connectivity index (χ4v) is 2.32. The smallest absolute Gasteiger partial charge is 0.0847 e. The van der Waals surface area contributed by atoms with Crippen LogP contribution in [0.2, 0.25) is 5.02 Å². The molecule has 1 heterocycles. The first kappa shape index (κ1) is 11.9. The molecule has 1 nitrogen and oxygen atoms in total. The highest BCUT2D eigenvalue weighted by molar-refractivity contribution is 6.31. The van der Waals surface area contributed by atoms with Gasteiger partial charge in [-0.05, 0) is 42.9 Å². The second-order valence-corrected chi connectivity index (χ2v) is 5.17. The van der Waals surface area contributed by atoms with E-state index in [0.717, 1.165) is 23.4 Å². The highest BCUT2D eigenvalue weighted by atomic mass is 35.5. The first-order valence-corrected chi connectivity index (χ1v) is 6.41. The zero-order valence-electron chi connectivity index (χ0n) is 10.2. The highest BCUT2D eigenvalue weighted by Crippen LogP contribution is 2.34. The summed E-state index contributed by atoms with van der Waals surface area (Å²) >= 11 is 6.02. The van der Waals surface area contributed by atoms with Crippen molar-refractivity contribution in [2.75, 3.05) is 0 Å². The van der Waals surface area contributed by atoms with Crippen molar-refractivity contribution in [3.8, 4) is 0 Å². The standard InChI is InChI=1S/C14H19ClO/c1-4-13-14(16-13)8-9(2)11-5-6-12(15)10(3)7-11/h5-7,9,13-14H,4,8H2,1-3H3. The monoisotopic (exact) mass is 238 g/mol. The molecule has 1 fully saturated rings. The molecule has 0 N–H and O–H groups in total. The molecule has 0 amide bonds. The van der Waals surface area contributed by atoms with E-state index < -0.39 is 0 Å². The van der Waals surface area contributed by atoms with Gasteiger partial charge in [0.2, 0.25) is 0 Å². The Balaban J connectivity index is 1.98. The lowest BCUT2D eigenvalue weighted by Crippen LogP contribution is -2.01. The highest BCUT2D eigenvalue weighted by Gasteiger charge is 2.37. The van der Waals surface area contributed by atoms with Gasteiger partial charge < -0.3 is 4.74 Å². The molecule has 0 saturated carbocycles. The van der Waals surface area contributed by atoms with Crippen LogP contribution in [0.5, 0.6) is 0 Å². The summed E-state index contributed by atoms with van der Waals surface area (Å²) in [6.45, 7) is 6.50. The third-order valence-electron chi connectivity index (χ3n) is 3.43. The molecule has 1 aliphatic heterocycles. The second-order valence-electron chi connectivity index (χ2n) is 4.77. The maximum absolute atomic E-state index is 6.02. The molecule has 0 bridgehead atoms. The van der Waals surface area contributed by atoms with E-state index in [1.807, 2.05) is 6.07 Å². The Morgan fingerprint density at radius 2 is 2.12 bits per heavy atom. The van der Waals surface area contributed by atoms with E-state index in [1.54, 1.807) is 0 Å². The Bertz CT molecular complexity index is 375. The van der Waals surface area contributed by atoms with Gasteiger partial charge >= 0.3 is 0 Å². The minimum Gasteiger partial charge on any atom is -0.370 e. The van der Waals surface area contributed by atoms with Crippen molar-refractivity contribution in [3.05, 3.63) is 34.3 Å². The van der Waals surface area contributed by atoms with Crippen molar-refractivity contribution < 1.29 is 4.74 Å². The first-order valence-electron chi connectivity index (χ1n) is 6.03. The van der Waals surface area contributed by atoms with Crippen LogP contribution in [-0.2, 0) is 4.74 Å². The van der Waals surface area contributed by atoms with Crippen LogP contribution in [0.1, 0.15) is 43.7 Å². The average molecular weight is 239 g/mol. The average Bonchev–Trinajstić information content (AvgIpc) is 3.00. The predicted molar refractivity (Wildman–Crippen MR) is 68.2 cm³/mol. The second kappa shape index (κ2) is 4.77. The lowest BCUT2D eigenvalue weighted by atomic mass is 9.94. The number of halogens is 1. The van der Waals surface area contributed by atoms with Gasteiger partial charge in [-0.3, -0.25) is 0 Å². The predicted octanol–water partition coefficient (Wildman–Crippen LogP) is 4.32. The van der Waals surface area contributed by atoms with Crippen LogP contribution < -0.4 is 0 Å². The van der Waals surface area contributed by atoms with Gasteiger partial charge in [-0.1, -0.05) is 37.6 Å². The van der Waals surface area contributed by atoms with Gasteiger partial charge in [0.15, 0.2) is 0 Å². The Kier molecular flexibility index (Phi) is 3.56. The largest absolute Gasteiger partial charge is 0.370 e. The number of hydrogen-bond acceptors (Lipinski definition) is 1. The van der Waals surface area contributed by atoms with Crippen molar-refractivity contribution in [1.82, 2.24) is 0 Å². The first-order chi connectivity index (χ1) is 7.61.